The van der Waals surface area contributed by atoms with Crippen molar-refractivity contribution in [3.05, 3.63) is 22.3 Å². The van der Waals surface area contributed by atoms with Crippen molar-refractivity contribution in [1.29, 1.82) is 0 Å². The molecule has 1 fully saturated rings. The molecule has 31 heavy (non-hydrogen) atoms. The Kier molecular flexibility index (Phi) is 7.07. The highest BCUT2D eigenvalue weighted by molar-refractivity contribution is 8.01. The normalized spacial score (nSPS) is 20.7. The molecule has 1 aromatic rings. The Hall–Kier alpha value is -2.78. The minimum absolute atomic E-state index is 0.0415. The number of aliphatic carboxylic acids is 1. The topological polar surface area (TPSA) is 190 Å². The summed E-state index contributed by atoms with van der Waals surface area (Å²) in [4.78, 5) is 58.0. The number of fused-ring (bicyclic) bond motifs is 1. The van der Waals surface area contributed by atoms with Crippen LogP contribution in [0.25, 0.3) is 0 Å². The van der Waals surface area contributed by atoms with E-state index < -0.39 is 35.1 Å². The van der Waals surface area contributed by atoms with Crippen molar-refractivity contribution in [2.24, 2.45) is 10.9 Å². The van der Waals surface area contributed by atoms with E-state index in [4.69, 9.17) is 16.3 Å². The van der Waals surface area contributed by atoms with Gasteiger partial charge in [-0.2, -0.15) is 0 Å². The average molecular weight is 487 g/mol. The van der Waals surface area contributed by atoms with Gasteiger partial charge in [0.15, 0.2) is 10.8 Å². The summed E-state index contributed by atoms with van der Waals surface area (Å²) >= 11 is 3.60. The highest BCUT2D eigenvalue weighted by Crippen LogP contribution is 2.41. The molecule has 2 atom stereocenters. The Bertz CT molecular complexity index is 992. The second kappa shape index (κ2) is 9.57. The SMILES string of the molecule is CO/N=C(\C(=O)N[C@H]1C(=O)N2C(C(=O)O)=C(CSCC(N)=O)CS[C@@H]12)c1csc(N)n1. The first-order chi connectivity index (χ1) is 14.7. The Morgan fingerprint density at radius 2 is 2.23 bits per heavy atom. The van der Waals surface area contributed by atoms with E-state index in [1.54, 1.807) is 0 Å². The molecule has 2 aliphatic heterocycles. The maximum atomic E-state index is 12.7. The summed E-state index contributed by atoms with van der Waals surface area (Å²) < 4.78 is 0. The summed E-state index contributed by atoms with van der Waals surface area (Å²) in [5.41, 5.74) is 11.1. The molecule has 3 rings (SSSR count). The second-order valence-electron chi connectivity index (χ2n) is 6.27. The van der Waals surface area contributed by atoms with Crippen molar-refractivity contribution in [3.63, 3.8) is 0 Å². The van der Waals surface area contributed by atoms with Gasteiger partial charge in [0.1, 0.15) is 29.9 Å². The van der Waals surface area contributed by atoms with Crippen molar-refractivity contribution < 1.29 is 29.1 Å². The fraction of sp³-hybridized carbons (Fsp3) is 0.375. The summed E-state index contributed by atoms with van der Waals surface area (Å²) in [7, 11) is 1.26. The van der Waals surface area contributed by atoms with Crippen LogP contribution in [0.2, 0.25) is 0 Å². The Morgan fingerprint density at radius 3 is 2.81 bits per heavy atom. The number of nitrogens with zero attached hydrogens (tertiary/aromatic N) is 3. The van der Waals surface area contributed by atoms with Crippen LogP contribution in [0, 0.1) is 0 Å². The zero-order valence-corrected chi connectivity index (χ0v) is 18.5. The van der Waals surface area contributed by atoms with Gasteiger partial charge in [-0.15, -0.1) is 34.9 Å². The number of β-lactam (4-membered cyclic amide) rings is 1. The number of nitrogens with one attached hydrogen (secondary N) is 1. The third-order valence-corrected chi connectivity index (χ3v) is 7.27. The smallest absolute Gasteiger partial charge is 0.352 e. The van der Waals surface area contributed by atoms with Crippen molar-refractivity contribution in [2.45, 2.75) is 11.4 Å². The molecule has 0 saturated carbocycles. The number of rotatable bonds is 9. The number of nitrogen functional groups attached to an aromatic ring is 1. The molecule has 0 bridgehead atoms. The van der Waals surface area contributed by atoms with Gasteiger partial charge in [-0.1, -0.05) is 5.16 Å². The number of aromatic nitrogens is 1. The first-order valence-electron chi connectivity index (χ1n) is 8.64. The molecule has 0 unspecified atom stereocenters. The first kappa shape index (κ1) is 22.9. The Morgan fingerprint density at radius 1 is 1.48 bits per heavy atom. The highest BCUT2D eigenvalue weighted by Gasteiger charge is 2.54. The predicted octanol–water partition coefficient (Wildman–Crippen LogP) is -0.967. The second-order valence-corrected chi connectivity index (χ2v) is 9.25. The van der Waals surface area contributed by atoms with Crippen molar-refractivity contribution in [3.8, 4) is 0 Å². The maximum Gasteiger partial charge on any atom is 0.352 e. The van der Waals surface area contributed by atoms with Crippen LogP contribution in [-0.2, 0) is 24.0 Å². The summed E-state index contributed by atoms with van der Waals surface area (Å²) in [6.45, 7) is 0. The first-order valence-corrected chi connectivity index (χ1v) is 11.7. The molecule has 1 saturated heterocycles. The molecular formula is C16H18N6O6S3. The minimum Gasteiger partial charge on any atom is -0.477 e. The molecule has 2 aliphatic rings. The number of primary amides is 1. The van der Waals surface area contributed by atoms with Gasteiger partial charge in [0, 0.05) is 16.9 Å². The number of carbonyl (C=O) groups is 4. The van der Waals surface area contributed by atoms with Crippen molar-refractivity contribution >= 4 is 69.4 Å². The zero-order chi connectivity index (χ0) is 22.7. The van der Waals surface area contributed by atoms with Crippen molar-refractivity contribution in [2.75, 3.05) is 30.1 Å². The fourth-order valence-corrected chi connectivity index (χ4v) is 5.78. The number of hydrogen-bond acceptors (Lipinski definition) is 11. The van der Waals surface area contributed by atoms with E-state index in [0.717, 1.165) is 16.2 Å². The monoisotopic (exact) mass is 486 g/mol. The third-order valence-electron chi connectivity index (χ3n) is 4.22. The molecule has 15 heteroatoms. The van der Waals surface area contributed by atoms with Gasteiger partial charge in [0.2, 0.25) is 5.91 Å². The van der Waals surface area contributed by atoms with Crippen molar-refractivity contribution in [1.82, 2.24) is 15.2 Å². The molecular weight excluding hydrogens is 468 g/mol. The number of anilines is 1. The van der Waals surface area contributed by atoms with E-state index in [9.17, 15) is 24.3 Å². The molecule has 3 heterocycles. The molecule has 0 spiro atoms. The van der Waals surface area contributed by atoms with E-state index in [1.165, 1.54) is 36.0 Å². The summed E-state index contributed by atoms with van der Waals surface area (Å²) in [6.07, 6.45) is 0. The molecule has 0 aromatic carbocycles. The van der Waals surface area contributed by atoms with Crippen LogP contribution >= 0.6 is 34.9 Å². The standard InChI is InChI=1S/C16H18N6O6S3/c1-28-21-9(7-4-31-16(18)19-7)12(24)20-10-13(25)22-11(15(26)27)6(3-30-14(10)22)2-29-5-8(17)23/h4,10,14H,2-3,5H2,1H3,(H2,17,23)(H2,18,19)(H,20,24)(H,26,27)/b21-9-/t10-,14-/m0/s1. The number of carboxylic acid groups (broad SMARTS) is 1. The van der Waals surface area contributed by atoms with Gasteiger partial charge >= 0.3 is 5.97 Å². The van der Waals surface area contributed by atoms with Crippen LogP contribution in [0.3, 0.4) is 0 Å². The molecule has 0 aliphatic carbocycles. The largest absolute Gasteiger partial charge is 0.477 e. The maximum absolute atomic E-state index is 12.7. The van der Waals surface area contributed by atoms with Crippen LogP contribution in [-0.4, -0.2) is 80.2 Å². The van der Waals surface area contributed by atoms with Crippen LogP contribution < -0.4 is 16.8 Å². The minimum atomic E-state index is -1.25. The fourth-order valence-electron chi connectivity index (χ4n) is 2.97. The van der Waals surface area contributed by atoms with E-state index >= 15 is 0 Å². The van der Waals surface area contributed by atoms with E-state index in [1.807, 2.05) is 0 Å². The summed E-state index contributed by atoms with van der Waals surface area (Å²) in [5.74, 6) is -2.40. The van der Waals surface area contributed by atoms with Gasteiger partial charge in [-0.25, -0.2) is 9.78 Å². The number of thioether (sulfide) groups is 2. The lowest BCUT2D eigenvalue weighted by molar-refractivity contribution is -0.150. The number of oxime groups is 1. The highest BCUT2D eigenvalue weighted by atomic mass is 32.2. The predicted molar refractivity (Wildman–Crippen MR) is 116 cm³/mol. The number of hydrogen-bond donors (Lipinski definition) is 4. The molecule has 3 amide bonds. The number of carbonyl (C=O) groups excluding carboxylic acids is 3. The zero-order valence-electron chi connectivity index (χ0n) is 16.1. The lowest BCUT2D eigenvalue weighted by Gasteiger charge is -2.49. The number of thiazole rings is 1. The molecule has 166 valence electrons. The number of carboxylic acids is 1. The average Bonchev–Trinajstić information content (AvgIpc) is 3.14. The van der Waals surface area contributed by atoms with Gasteiger partial charge in [0.25, 0.3) is 11.8 Å². The van der Waals surface area contributed by atoms with Gasteiger partial charge in [-0.3, -0.25) is 19.3 Å². The molecule has 1 aromatic heterocycles. The Labute approximate surface area is 188 Å². The lowest BCUT2D eigenvalue weighted by atomic mass is 10.0. The molecule has 6 N–H and O–H groups in total. The Balaban J connectivity index is 1.74. The number of nitrogens with two attached hydrogens (primary N) is 2. The van der Waals surface area contributed by atoms with Crippen LogP contribution in [0.1, 0.15) is 5.69 Å². The van der Waals surface area contributed by atoms with Crippen LogP contribution in [0.5, 0.6) is 0 Å². The van der Waals surface area contributed by atoms with Gasteiger partial charge < -0.3 is 26.7 Å². The summed E-state index contributed by atoms with van der Waals surface area (Å²) in [6, 6.07) is -0.940. The van der Waals surface area contributed by atoms with E-state index in [2.05, 4.69) is 15.5 Å². The lowest BCUT2D eigenvalue weighted by Crippen LogP contribution is -2.71. The van der Waals surface area contributed by atoms with E-state index in [-0.39, 0.29) is 33.7 Å². The van der Waals surface area contributed by atoms with Crippen LogP contribution in [0.15, 0.2) is 21.8 Å². The van der Waals surface area contributed by atoms with Gasteiger partial charge in [0.05, 0.1) is 5.75 Å². The molecule has 12 nitrogen and oxygen atoms in total. The quantitative estimate of drug-likeness (QED) is 0.192. The van der Waals surface area contributed by atoms with Crippen LogP contribution in [0.4, 0.5) is 5.13 Å². The number of amides is 3. The summed E-state index contributed by atoms with van der Waals surface area (Å²) in [5, 5.41) is 17.0. The van der Waals surface area contributed by atoms with Gasteiger partial charge in [-0.05, 0) is 5.57 Å². The molecule has 0 radical (unpaired) electrons. The van der Waals surface area contributed by atoms with E-state index in [0.29, 0.717) is 11.3 Å². The third kappa shape index (κ3) is 4.77.